The summed E-state index contributed by atoms with van der Waals surface area (Å²) in [5, 5.41) is 25.8. The minimum absolute atomic E-state index is 0.0322. The molecule has 0 radical (unpaired) electrons. The monoisotopic (exact) mass is 560 g/mol. The summed E-state index contributed by atoms with van der Waals surface area (Å²) in [6.07, 6.45) is 1.01. The number of aliphatic carboxylic acids is 2. The summed E-state index contributed by atoms with van der Waals surface area (Å²) in [4.78, 5) is 67.4. The first-order valence-corrected chi connectivity index (χ1v) is 13.0. The molecule has 6 N–H and O–H groups in total. The second-order valence-corrected chi connectivity index (χ2v) is 8.98. The molecular weight excluding hydrogens is 528 g/mol. The number of rotatable bonds is 19. The topological polar surface area (TPSA) is 208 Å². The van der Waals surface area contributed by atoms with Crippen molar-refractivity contribution < 1.29 is 52.6 Å². The molecule has 3 atom stereocenters. The fourth-order valence-corrected chi connectivity index (χ4v) is 3.53. The van der Waals surface area contributed by atoms with E-state index in [1.807, 2.05) is 0 Å². The van der Waals surface area contributed by atoms with Crippen LogP contribution in [-0.2, 0) is 28.3 Å². The van der Waals surface area contributed by atoms with E-state index >= 15 is 0 Å². The largest absolute Gasteiger partial charge is 0.694 e. The van der Waals surface area contributed by atoms with Crippen molar-refractivity contribution in [3.63, 3.8) is 0 Å². The van der Waals surface area contributed by atoms with Crippen molar-refractivity contribution in [2.75, 3.05) is 13.2 Å². The summed E-state index contributed by atoms with van der Waals surface area (Å²) in [7, 11) is -2.81. The van der Waals surface area contributed by atoms with Crippen LogP contribution in [0, 0.1) is 5.82 Å². The van der Waals surface area contributed by atoms with Crippen LogP contribution in [0.5, 0.6) is 0 Å². The number of hydrogen-bond donors (Lipinski definition) is 6. The molecule has 13 nitrogen and oxygen atoms in total. The van der Waals surface area contributed by atoms with Gasteiger partial charge in [-0.3, -0.25) is 14.4 Å². The van der Waals surface area contributed by atoms with Crippen LogP contribution in [0.3, 0.4) is 0 Å². The number of carboxylic acid groups (broad SMARTS) is 2. The fraction of sp³-hybridized carbons (Fsp3) is 0.522. The smallest absolute Gasteiger partial charge is 0.480 e. The molecule has 0 saturated heterocycles. The highest BCUT2D eigenvalue weighted by atomic mass is 31.1. The van der Waals surface area contributed by atoms with E-state index < -0.39 is 49.9 Å². The van der Waals surface area contributed by atoms with Gasteiger partial charge in [0.25, 0.3) is 5.91 Å². The Morgan fingerprint density at radius 2 is 1.42 bits per heavy atom. The van der Waals surface area contributed by atoms with Gasteiger partial charge in [-0.1, -0.05) is 6.42 Å². The molecule has 38 heavy (non-hydrogen) atoms. The molecule has 0 aliphatic heterocycles. The molecule has 0 aliphatic rings. The first kappa shape index (κ1) is 32.5. The molecule has 1 aromatic carbocycles. The van der Waals surface area contributed by atoms with E-state index in [2.05, 4.69) is 20.5 Å². The van der Waals surface area contributed by atoms with Gasteiger partial charge in [0.15, 0.2) is 0 Å². The van der Waals surface area contributed by atoms with E-state index in [9.17, 15) is 43.1 Å². The molecule has 1 aromatic rings. The van der Waals surface area contributed by atoms with Crippen LogP contribution in [0.25, 0.3) is 0 Å². The quantitative estimate of drug-likeness (QED) is 0.106. The number of unbranched alkanes of at least 4 members (excludes halogenated alkanes) is 2. The molecule has 0 saturated carbocycles. The molecule has 1 rings (SSSR count). The van der Waals surface area contributed by atoms with Crippen molar-refractivity contribution in [2.45, 2.75) is 63.5 Å². The molecule has 0 aromatic heterocycles. The molecule has 0 bridgehead atoms. The molecular formula is C23H32FN3O10P+. The summed E-state index contributed by atoms with van der Waals surface area (Å²) >= 11 is 0. The van der Waals surface area contributed by atoms with Gasteiger partial charge in [0.2, 0.25) is 11.8 Å². The summed E-state index contributed by atoms with van der Waals surface area (Å²) in [5.74, 6) is -4.73. The van der Waals surface area contributed by atoms with Crippen molar-refractivity contribution in [1.29, 1.82) is 0 Å². The van der Waals surface area contributed by atoms with Gasteiger partial charge in [-0.05, 0) is 56.4 Å². The predicted molar refractivity (Wildman–Crippen MR) is 131 cm³/mol. The molecule has 0 aliphatic carbocycles. The van der Waals surface area contributed by atoms with E-state index in [1.54, 1.807) is 0 Å². The van der Waals surface area contributed by atoms with Crippen molar-refractivity contribution >= 4 is 37.9 Å². The highest BCUT2D eigenvalue weighted by molar-refractivity contribution is 7.32. The van der Waals surface area contributed by atoms with E-state index in [0.717, 1.165) is 0 Å². The number of carbonyl (C=O) groups is 5. The van der Waals surface area contributed by atoms with Crippen molar-refractivity contribution in [3.05, 3.63) is 35.6 Å². The lowest BCUT2D eigenvalue weighted by atomic mass is 10.1. The summed E-state index contributed by atoms with van der Waals surface area (Å²) in [5.41, 5.74) is 0.324. The molecule has 0 spiro atoms. The predicted octanol–water partition coefficient (Wildman–Crippen LogP) is 1.48. The lowest BCUT2D eigenvalue weighted by Crippen LogP contribution is -2.44. The van der Waals surface area contributed by atoms with Crippen molar-refractivity contribution in [1.82, 2.24) is 16.0 Å². The third-order valence-corrected chi connectivity index (χ3v) is 5.64. The maximum absolute atomic E-state index is 12.9. The fourth-order valence-electron chi connectivity index (χ4n) is 3.25. The maximum atomic E-state index is 12.9. The van der Waals surface area contributed by atoms with E-state index in [0.29, 0.717) is 31.4 Å². The maximum Gasteiger partial charge on any atom is 0.694 e. The number of carboxylic acids is 2. The summed E-state index contributed by atoms with van der Waals surface area (Å²) in [6.45, 7) is 0.166. The van der Waals surface area contributed by atoms with Gasteiger partial charge in [-0.25, -0.2) is 14.0 Å². The molecule has 3 amide bonds. The standard InChI is InChI=1S/C23H31FN3O10P/c24-16-9-7-15(8-10-16)21(30)25-13-3-1-2-6-19(28)27-18(23(33)34)11-12-20(29)26-17(22(31)32)5-4-14-37-38(35)36/h7-10,17-18H,1-6,11-14H2,(H5-,25,26,27,28,29,30,31,32,33,34,35,36)/p+1/t17-,18-/m0/s1. The van der Waals surface area contributed by atoms with Crippen molar-refractivity contribution in [3.8, 4) is 0 Å². The second-order valence-electron chi connectivity index (χ2n) is 8.24. The Kier molecular flexibility index (Phi) is 15.3. The van der Waals surface area contributed by atoms with Crippen LogP contribution in [0.4, 0.5) is 4.39 Å². The zero-order valence-electron chi connectivity index (χ0n) is 20.6. The van der Waals surface area contributed by atoms with Crippen LogP contribution in [0.2, 0.25) is 0 Å². The Hall–Kier alpha value is -3.48. The number of amides is 3. The zero-order valence-corrected chi connectivity index (χ0v) is 21.5. The third kappa shape index (κ3) is 14.3. The molecule has 1 unspecified atom stereocenters. The number of carbonyl (C=O) groups excluding carboxylic acids is 3. The molecule has 0 fully saturated rings. The average molecular weight is 560 g/mol. The lowest BCUT2D eigenvalue weighted by Gasteiger charge is -2.16. The van der Waals surface area contributed by atoms with Crippen LogP contribution in [0.15, 0.2) is 24.3 Å². The van der Waals surface area contributed by atoms with Gasteiger partial charge >= 0.3 is 20.2 Å². The SMILES string of the molecule is O=C(CC[C@H](NC(=O)CCCCCNC(=O)c1ccc(F)cc1)C(=O)O)N[C@@H](CCCO[P+](=O)O)C(=O)O. The van der Waals surface area contributed by atoms with Crippen LogP contribution >= 0.6 is 8.25 Å². The van der Waals surface area contributed by atoms with E-state index in [-0.39, 0.29) is 44.6 Å². The normalized spacial score (nSPS) is 12.6. The minimum atomic E-state index is -2.81. The minimum Gasteiger partial charge on any atom is -0.480 e. The highest BCUT2D eigenvalue weighted by Gasteiger charge is 2.24. The average Bonchev–Trinajstić information content (AvgIpc) is 2.85. The van der Waals surface area contributed by atoms with Crippen LogP contribution in [-0.4, -0.2) is 70.0 Å². The molecule has 0 heterocycles. The lowest BCUT2D eigenvalue weighted by molar-refractivity contribution is -0.143. The zero-order chi connectivity index (χ0) is 28.5. The van der Waals surface area contributed by atoms with Gasteiger partial charge in [0.05, 0.1) is 0 Å². The highest BCUT2D eigenvalue weighted by Crippen LogP contribution is 2.15. The summed E-state index contributed by atoms with van der Waals surface area (Å²) < 4.78 is 27.8. The number of nitrogens with one attached hydrogen (secondary N) is 3. The van der Waals surface area contributed by atoms with Gasteiger partial charge < -0.3 is 26.2 Å². The Morgan fingerprint density at radius 3 is 2.00 bits per heavy atom. The number of hydrogen-bond acceptors (Lipinski definition) is 7. The Labute approximate surface area is 219 Å². The van der Waals surface area contributed by atoms with Crippen LogP contribution < -0.4 is 16.0 Å². The Bertz CT molecular complexity index is 977. The van der Waals surface area contributed by atoms with Gasteiger partial charge in [0, 0.05) is 29.5 Å². The van der Waals surface area contributed by atoms with Crippen molar-refractivity contribution in [2.24, 2.45) is 0 Å². The number of halogens is 1. The first-order valence-electron chi connectivity index (χ1n) is 11.9. The Morgan fingerprint density at radius 1 is 0.842 bits per heavy atom. The van der Waals surface area contributed by atoms with E-state index in [4.69, 9.17) is 4.89 Å². The third-order valence-electron chi connectivity index (χ3n) is 5.24. The molecule has 15 heteroatoms. The van der Waals surface area contributed by atoms with Gasteiger partial charge in [0.1, 0.15) is 24.5 Å². The molecule has 210 valence electrons. The number of benzene rings is 1. The first-order chi connectivity index (χ1) is 18.0. The van der Waals surface area contributed by atoms with E-state index in [1.165, 1.54) is 24.3 Å². The second kappa shape index (κ2) is 17.9. The Balaban J connectivity index is 2.30. The van der Waals surface area contributed by atoms with Crippen LogP contribution in [0.1, 0.15) is 61.7 Å². The van der Waals surface area contributed by atoms with Gasteiger partial charge in [-0.15, -0.1) is 9.42 Å². The van der Waals surface area contributed by atoms with Gasteiger partial charge in [-0.2, -0.15) is 0 Å². The summed E-state index contributed by atoms with van der Waals surface area (Å²) in [6, 6.07) is 2.46.